The molecule has 1 heterocycles. The standard InChI is InChI=1S/C19H22N4O3/c1-13(24)11-20-19-22-16-5-3-4-6-17(16)23(19)12-18(25)21-14-7-9-15(26-2)10-8-14/h3-10,13,24H,11-12H2,1-2H3,(H,20,22)(H,21,25). The summed E-state index contributed by atoms with van der Waals surface area (Å²) >= 11 is 0. The number of methoxy groups -OCH3 is 1. The number of aliphatic hydroxyl groups is 1. The second-order valence-electron chi connectivity index (χ2n) is 6.02. The van der Waals surface area contributed by atoms with Gasteiger partial charge in [-0.2, -0.15) is 0 Å². The van der Waals surface area contributed by atoms with Crippen molar-refractivity contribution in [2.45, 2.75) is 19.6 Å². The number of amides is 1. The third kappa shape index (κ3) is 4.12. The number of rotatable bonds is 7. The number of hydrogen-bond acceptors (Lipinski definition) is 5. The molecule has 1 atom stereocenters. The van der Waals surface area contributed by atoms with Crippen molar-refractivity contribution in [3.8, 4) is 5.75 Å². The number of ether oxygens (including phenoxy) is 1. The maximum atomic E-state index is 12.5. The minimum Gasteiger partial charge on any atom is -0.497 e. The maximum Gasteiger partial charge on any atom is 0.244 e. The van der Waals surface area contributed by atoms with E-state index in [9.17, 15) is 9.90 Å². The Morgan fingerprint density at radius 1 is 1.23 bits per heavy atom. The highest BCUT2D eigenvalue weighted by atomic mass is 16.5. The van der Waals surface area contributed by atoms with Crippen LogP contribution in [0.25, 0.3) is 11.0 Å². The van der Waals surface area contributed by atoms with Crippen molar-refractivity contribution in [2.75, 3.05) is 24.3 Å². The third-order valence-corrected chi connectivity index (χ3v) is 3.89. The number of anilines is 2. The fourth-order valence-electron chi connectivity index (χ4n) is 2.63. The minimum absolute atomic E-state index is 0.106. The highest BCUT2D eigenvalue weighted by Crippen LogP contribution is 2.20. The van der Waals surface area contributed by atoms with Crippen LogP contribution in [0.5, 0.6) is 5.75 Å². The normalized spacial score (nSPS) is 12.0. The van der Waals surface area contributed by atoms with E-state index in [4.69, 9.17) is 4.74 Å². The van der Waals surface area contributed by atoms with E-state index in [1.54, 1.807) is 42.9 Å². The lowest BCUT2D eigenvalue weighted by Gasteiger charge is -2.12. The Bertz CT molecular complexity index is 887. The monoisotopic (exact) mass is 354 g/mol. The number of fused-ring (bicyclic) bond motifs is 1. The Balaban J connectivity index is 1.79. The van der Waals surface area contributed by atoms with Crippen LogP contribution < -0.4 is 15.4 Å². The fourth-order valence-corrected chi connectivity index (χ4v) is 2.63. The fraction of sp³-hybridized carbons (Fsp3) is 0.263. The molecule has 0 aliphatic heterocycles. The molecule has 7 nitrogen and oxygen atoms in total. The van der Waals surface area contributed by atoms with Gasteiger partial charge in [0.05, 0.1) is 24.2 Å². The molecule has 0 spiro atoms. The summed E-state index contributed by atoms with van der Waals surface area (Å²) in [7, 11) is 1.60. The predicted octanol–water partition coefficient (Wildman–Crippen LogP) is 2.48. The lowest BCUT2D eigenvalue weighted by Crippen LogP contribution is -2.22. The van der Waals surface area contributed by atoms with Crippen molar-refractivity contribution in [1.29, 1.82) is 0 Å². The molecular formula is C19H22N4O3. The number of nitrogens with one attached hydrogen (secondary N) is 2. The molecule has 0 saturated carbocycles. The Labute approximate surface area is 151 Å². The van der Waals surface area contributed by atoms with Crippen molar-refractivity contribution in [1.82, 2.24) is 9.55 Å². The van der Waals surface area contributed by atoms with E-state index in [2.05, 4.69) is 15.6 Å². The number of para-hydroxylation sites is 2. The zero-order chi connectivity index (χ0) is 18.5. The molecule has 7 heteroatoms. The van der Waals surface area contributed by atoms with Gasteiger partial charge >= 0.3 is 0 Å². The topological polar surface area (TPSA) is 88.4 Å². The summed E-state index contributed by atoms with van der Waals surface area (Å²) in [4.78, 5) is 17.0. The molecule has 1 aromatic heterocycles. The number of aliphatic hydroxyl groups excluding tert-OH is 1. The van der Waals surface area contributed by atoms with E-state index >= 15 is 0 Å². The second-order valence-corrected chi connectivity index (χ2v) is 6.02. The molecule has 1 unspecified atom stereocenters. The highest BCUT2D eigenvalue weighted by Gasteiger charge is 2.14. The van der Waals surface area contributed by atoms with Gasteiger partial charge in [-0.3, -0.25) is 4.79 Å². The van der Waals surface area contributed by atoms with E-state index in [0.29, 0.717) is 18.2 Å². The van der Waals surface area contributed by atoms with E-state index in [1.165, 1.54) is 0 Å². The van der Waals surface area contributed by atoms with Gasteiger partial charge in [-0.15, -0.1) is 0 Å². The largest absolute Gasteiger partial charge is 0.497 e. The molecule has 3 N–H and O–H groups in total. The lowest BCUT2D eigenvalue weighted by atomic mass is 10.3. The Morgan fingerprint density at radius 2 is 1.96 bits per heavy atom. The van der Waals surface area contributed by atoms with Gasteiger partial charge in [0, 0.05) is 12.2 Å². The van der Waals surface area contributed by atoms with Crippen LogP contribution in [0.15, 0.2) is 48.5 Å². The Hall–Kier alpha value is -3.06. The molecule has 26 heavy (non-hydrogen) atoms. The van der Waals surface area contributed by atoms with Crippen molar-refractivity contribution >= 4 is 28.6 Å². The molecule has 0 aliphatic rings. The van der Waals surface area contributed by atoms with Crippen LogP contribution in [-0.4, -0.2) is 40.3 Å². The molecule has 0 aliphatic carbocycles. The molecule has 0 radical (unpaired) electrons. The molecule has 0 saturated heterocycles. The quantitative estimate of drug-likeness (QED) is 0.607. The SMILES string of the molecule is COc1ccc(NC(=O)Cn2c(NCC(C)O)nc3ccccc32)cc1. The number of carbonyl (C=O) groups excluding carboxylic acids is 1. The number of benzene rings is 2. The molecular weight excluding hydrogens is 332 g/mol. The van der Waals surface area contributed by atoms with Gasteiger partial charge in [-0.25, -0.2) is 4.98 Å². The number of aromatic nitrogens is 2. The average Bonchev–Trinajstić information content (AvgIpc) is 2.98. The number of imidazole rings is 1. The Kier molecular flexibility index (Phi) is 5.38. The van der Waals surface area contributed by atoms with Crippen LogP contribution in [0.4, 0.5) is 11.6 Å². The zero-order valence-electron chi connectivity index (χ0n) is 14.8. The molecule has 3 rings (SSSR count). The first-order valence-corrected chi connectivity index (χ1v) is 8.38. The van der Waals surface area contributed by atoms with Crippen LogP contribution in [0.3, 0.4) is 0 Å². The van der Waals surface area contributed by atoms with E-state index in [0.717, 1.165) is 16.8 Å². The van der Waals surface area contributed by atoms with Gasteiger partial charge in [-0.1, -0.05) is 12.1 Å². The van der Waals surface area contributed by atoms with Gasteiger partial charge in [0.2, 0.25) is 11.9 Å². The second kappa shape index (κ2) is 7.88. The smallest absolute Gasteiger partial charge is 0.244 e. The number of hydrogen-bond donors (Lipinski definition) is 3. The minimum atomic E-state index is -0.517. The van der Waals surface area contributed by atoms with Crippen molar-refractivity contribution in [3.05, 3.63) is 48.5 Å². The van der Waals surface area contributed by atoms with Crippen LogP contribution in [0.1, 0.15) is 6.92 Å². The molecule has 0 bridgehead atoms. The van der Waals surface area contributed by atoms with Gasteiger partial charge in [0.1, 0.15) is 12.3 Å². The van der Waals surface area contributed by atoms with Gasteiger partial charge in [0.25, 0.3) is 0 Å². The molecule has 136 valence electrons. The average molecular weight is 354 g/mol. The van der Waals surface area contributed by atoms with Crippen molar-refractivity contribution < 1.29 is 14.6 Å². The number of carbonyl (C=O) groups is 1. The summed E-state index contributed by atoms with van der Waals surface area (Å²) in [6.07, 6.45) is -0.517. The van der Waals surface area contributed by atoms with Crippen LogP contribution in [0, 0.1) is 0 Å². The lowest BCUT2D eigenvalue weighted by molar-refractivity contribution is -0.116. The van der Waals surface area contributed by atoms with E-state index < -0.39 is 6.10 Å². The van der Waals surface area contributed by atoms with Crippen LogP contribution in [0.2, 0.25) is 0 Å². The summed E-state index contributed by atoms with van der Waals surface area (Å²) in [5.74, 6) is 1.11. The Morgan fingerprint density at radius 3 is 2.65 bits per heavy atom. The predicted molar refractivity (Wildman–Crippen MR) is 102 cm³/mol. The zero-order valence-corrected chi connectivity index (χ0v) is 14.8. The summed E-state index contributed by atoms with van der Waals surface area (Å²) in [6.45, 7) is 2.15. The van der Waals surface area contributed by atoms with Crippen LogP contribution in [-0.2, 0) is 11.3 Å². The maximum absolute atomic E-state index is 12.5. The first-order valence-electron chi connectivity index (χ1n) is 8.38. The molecule has 3 aromatic rings. The summed E-state index contributed by atoms with van der Waals surface area (Å²) in [5.41, 5.74) is 2.34. The summed E-state index contributed by atoms with van der Waals surface area (Å²) < 4.78 is 6.92. The summed E-state index contributed by atoms with van der Waals surface area (Å²) in [6, 6.07) is 14.8. The molecule has 1 amide bonds. The highest BCUT2D eigenvalue weighted by molar-refractivity contribution is 5.92. The summed E-state index contributed by atoms with van der Waals surface area (Å²) in [5, 5.41) is 15.5. The first kappa shape index (κ1) is 17.8. The van der Waals surface area contributed by atoms with E-state index in [1.807, 2.05) is 24.3 Å². The third-order valence-electron chi connectivity index (χ3n) is 3.89. The van der Waals surface area contributed by atoms with Crippen molar-refractivity contribution in [3.63, 3.8) is 0 Å². The van der Waals surface area contributed by atoms with E-state index in [-0.39, 0.29) is 12.5 Å². The van der Waals surface area contributed by atoms with Crippen LogP contribution >= 0.6 is 0 Å². The number of nitrogens with zero attached hydrogens (tertiary/aromatic N) is 2. The van der Waals surface area contributed by atoms with Crippen molar-refractivity contribution in [2.24, 2.45) is 0 Å². The molecule has 2 aromatic carbocycles. The van der Waals surface area contributed by atoms with Gasteiger partial charge in [-0.05, 0) is 43.3 Å². The van der Waals surface area contributed by atoms with Gasteiger partial charge in [0.15, 0.2) is 0 Å². The van der Waals surface area contributed by atoms with Gasteiger partial charge < -0.3 is 25.0 Å². The first-order chi connectivity index (χ1) is 12.6. The molecule has 0 fully saturated rings.